The summed E-state index contributed by atoms with van der Waals surface area (Å²) in [7, 11) is 0. The van der Waals surface area contributed by atoms with Crippen LogP contribution in [0, 0.1) is 11.7 Å². The molecule has 132 valence electrons. The maximum Gasteiger partial charge on any atom is 0.226 e. The van der Waals surface area contributed by atoms with Gasteiger partial charge >= 0.3 is 0 Å². The van der Waals surface area contributed by atoms with Crippen LogP contribution in [0.4, 0.5) is 4.39 Å². The Hall–Kier alpha value is -2.62. The molecular formula is C22H21FN2O. The van der Waals surface area contributed by atoms with E-state index >= 15 is 0 Å². The van der Waals surface area contributed by atoms with E-state index in [1.54, 1.807) is 12.1 Å². The van der Waals surface area contributed by atoms with Gasteiger partial charge in [-0.05, 0) is 60.6 Å². The zero-order valence-electron chi connectivity index (χ0n) is 14.6. The maximum atomic E-state index is 13.7. The van der Waals surface area contributed by atoms with Gasteiger partial charge in [0.1, 0.15) is 5.82 Å². The lowest BCUT2D eigenvalue weighted by atomic mass is 9.85. The van der Waals surface area contributed by atoms with Crippen LogP contribution in [-0.2, 0) is 30.6 Å². The molecule has 1 aromatic heterocycles. The molecule has 4 heteroatoms. The molecule has 2 aliphatic rings. The number of carbonyl (C=O) groups is 1. The van der Waals surface area contributed by atoms with Gasteiger partial charge in [-0.25, -0.2) is 4.39 Å². The second kappa shape index (κ2) is 5.97. The molecule has 0 bridgehead atoms. The Balaban J connectivity index is 1.40. The highest BCUT2D eigenvalue weighted by Crippen LogP contribution is 2.33. The van der Waals surface area contributed by atoms with Crippen molar-refractivity contribution in [3.05, 3.63) is 70.7 Å². The van der Waals surface area contributed by atoms with E-state index in [9.17, 15) is 9.18 Å². The van der Waals surface area contributed by atoms with Crippen molar-refractivity contribution >= 4 is 16.8 Å². The van der Waals surface area contributed by atoms with E-state index in [0.29, 0.717) is 13.0 Å². The van der Waals surface area contributed by atoms with E-state index < -0.39 is 0 Å². The largest absolute Gasteiger partial charge is 0.358 e. The Morgan fingerprint density at radius 3 is 2.85 bits per heavy atom. The highest BCUT2D eigenvalue weighted by atomic mass is 19.1. The van der Waals surface area contributed by atoms with Crippen LogP contribution in [0.3, 0.4) is 0 Å². The van der Waals surface area contributed by atoms with Crippen molar-refractivity contribution in [2.45, 2.75) is 32.2 Å². The molecule has 1 aliphatic carbocycles. The molecular weight excluding hydrogens is 327 g/mol. The predicted octanol–water partition coefficient (Wildman–Crippen LogP) is 4.00. The minimum Gasteiger partial charge on any atom is -0.358 e. The lowest BCUT2D eigenvalue weighted by Crippen LogP contribution is -2.41. The number of carbonyl (C=O) groups excluding carboxylic acids is 1. The van der Waals surface area contributed by atoms with Crippen molar-refractivity contribution in [3.8, 4) is 0 Å². The highest BCUT2D eigenvalue weighted by Gasteiger charge is 2.31. The smallest absolute Gasteiger partial charge is 0.226 e. The molecule has 0 radical (unpaired) electrons. The Bertz CT molecular complexity index is 1010. The summed E-state index contributed by atoms with van der Waals surface area (Å²) in [6.45, 7) is 1.50. The molecule has 5 rings (SSSR count). The molecule has 2 heterocycles. The number of fused-ring (bicyclic) bond motifs is 4. The van der Waals surface area contributed by atoms with Crippen LogP contribution in [0.2, 0.25) is 0 Å². The van der Waals surface area contributed by atoms with Crippen LogP contribution in [0.25, 0.3) is 10.9 Å². The molecule has 1 aliphatic heterocycles. The normalized spacial score (nSPS) is 19.3. The first-order valence-corrected chi connectivity index (χ1v) is 9.33. The number of hydrogen-bond donors (Lipinski definition) is 1. The standard InChI is InChI=1S/C22H21FN2O/c23-17-6-8-21-19(12-17)18-11-15(5-7-20(18)24-21)22(26)25-10-9-14-3-1-2-4-16(14)13-25/h1-4,6,8,12,15,24H,5,7,9-11,13H2. The fourth-order valence-corrected chi connectivity index (χ4v) is 4.54. The summed E-state index contributed by atoms with van der Waals surface area (Å²) in [6, 6.07) is 13.3. The molecule has 3 nitrogen and oxygen atoms in total. The number of halogens is 1. The topological polar surface area (TPSA) is 36.1 Å². The monoisotopic (exact) mass is 348 g/mol. The highest BCUT2D eigenvalue weighted by molar-refractivity contribution is 5.87. The van der Waals surface area contributed by atoms with E-state index in [0.717, 1.165) is 42.3 Å². The molecule has 0 saturated heterocycles. The number of nitrogens with zero attached hydrogens (tertiary/aromatic N) is 1. The fraction of sp³-hybridized carbons (Fsp3) is 0.318. The zero-order chi connectivity index (χ0) is 17.7. The lowest BCUT2D eigenvalue weighted by molar-refractivity contribution is -0.136. The van der Waals surface area contributed by atoms with Crippen molar-refractivity contribution in [3.63, 3.8) is 0 Å². The zero-order valence-corrected chi connectivity index (χ0v) is 14.6. The number of aromatic amines is 1. The molecule has 26 heavy (non-hydrogen) atoms. The molecule has 0 saturated carbocycles. The number of aryl methyl sites for hydroxylation is 1. The van der Waals surface area contributed by atoms with Gasteiger partial charge in [0.2, 0.25) is 5.91 Å². The Labute approximate surface area is 151 Å². The summed E-state index contributed by atoms with van der Waals surface area (Å²) >= 11 is 0. The van der Waals surface area contributed by atoms with Gasteiger partial charge in [-0.2, -0.15) is 0 Å². The minimum atomic E-state index is -0.222. The molecule has 2 aromatic carbocycles. The van der Waals surface area contributed by atoms with Crippen molar-refractivity contribution in [2.24, 2.45) is 5.92 Å². The third-order valence-electron chi connectivity index (χ3n) is 5.94. The third-order valence-corrected chi connectivity index (χ3v) is 5.94. The summed E-state index contributed by atoms with van der Waals surface area (Å²) in [4.78, 5) is 18.6. The van der Waals surface area contributed by atoms with E-state index in [1.165, 1.54) is 22.9 Å². The molecule has 1 unspecified atom stereocenters. The molecule has 0 fully saturated rings. The Morgan fingerprint density at radius 2 is 1.96 bits per heavy atom. The van der Waals surface area contributed by atoms with Crippen LogP contribution in [0.15, 0.2) is 42.5 Å². The number of hydrogen-bond acceptors (Lipinski definition) is 1. The first kappa shape index (κ1) is 15.6. The third kappa shape index (κ3) is 2.52. The van der Waals surface area contributed by atoms with Gasteiger partial charge in [0, 0.05) is 35.6 Å². The average molecular weight is 348 g/mol. The first-order valence-electron chi connectivity index (χ1n) is 9.33. The van der Waals surface area contributed by atoms with Crippen molar-refractivity contribution < 1.29 is 9.18 Å². The van der Waals surface area contributed by atoms with Crippen LogP contribution >= 0.6 is 0 Å². The maximum absolute atomic E-state index is 13.7. The molecule has 0 spiro atoms. The summed E-state index contributed by atoms with van der Waals surface area (Å²) < 4.78 is 13.7. The van der Waals surface area contributed by atoms with E-state index in [4.69, 9.17) is 0 Å². The lowest BCUT2D eigenvalue weighted by Gasteiger charge is -2.33. The summed E-state index contributed by atoms with van der Waals surface area (Å²) in [6.07, 6.45) is 3.35. The first-order chi connectivity index (χ1) is 12.7. The molecule has 1 N–H and O–H groups in total. The van der Waals surface area contributed by atoms with E-state index in [-0.39, 0.29) is 17.6 Å². The number of nitrogens with one attached hydrogen (secondary N) is 1. The van der Waals surface area contributed by atoms with Gasteiger partial charge in [0.05, 0.1) is 0 Å². The number of amides is 1. The van der Waals surface area contributed by atoms with Gasteiger partial charge in [-0.3, -0.25) is 4.79 Å². The van der Waals surface area contributed by atoms with Gasteiger partial charge in [0.15, 0.2) is 0 Å². The van der Waals surface area contributed by atoms with E-state index in [1.807, 2.05) is 11.0 Å². The number of aromatic nitrogens is 1. The van der Waals surface area contributed by atoms with Crippen LogP contribution in [0.5, 0.6) is 0 Å². The second-order valence-corrected chi connectivity index (χ2v) is 7.49. The van der Waals surface area contributed by atoms with Crippen LogP contribution in [-0.4, -0.2) is 22.3 Å². The van der Waals surface area contributed by atoms with E-state index in [2.05, 4.69) is 23.2 Å². The quantitative estimate of drug-likeness (QED) is 0.709. The van der Waals surface area contributed by atoms with Crippen LogP contribution < -0.4 is 0 Å². The minimum absolute atomic E-state index is 0.00460. The summed E-state index contributed by atoms with van der Waals surface area (Å²) in [5, 5.41) is 0.932. The molecule has 1 amide bonds. The number of rotatable bonds is 1. The Kier molecular flexibility index (Phi) is 3.59. The summed E-state index contributed by atoms with van der Waals surface area (Å²) in [5.41, 5.74) is 5.88. The molecule has 3 aromatic rings. The molecule has 1 atom stereocenters. The SMILES string of the molecule is O=C(C1CCc2[nH]c3ccc(F)cc3c2C1)N1CCc2ccccc2C1. The van der Waals surface area contributed by atoms with Crippen molar-refractivity contribution in [2.75, 3.05) is 6.54 Å². The average Bonchev–Trinajstić information content (AvgIpc) is 3.04. The number of benzene rings is 2. The van der Waals surface area contributed by atoms with Crippen molar-refractivity contribution in [1.82, 2.24) is 9.88 Å². The predicted molar refractivity (Wildman–Crippen MR) is 99.3 cm³/mol. The van der Waals surface area contributed by atoms with Gasteiger partial charge in [-0.15, -0.1) is 0 Å². The van der Waals surface area contributed by atoms with Crippen molar-refractivity contribution in [1.29, 1.82) is 0 Å². The van der Waals surface area contributed by atoms with Gasteiger partial charge in [0.25, 0.3) is 0 Å². The fourth-order valence-electron chi connectivity index (χ4n) is 4.54. The Morgan fingerprint density at radius 1 is 1.12 bits per heavy atom. The number of H-pyrrole nitrogens is 1. The summed E-state index contributed by atoms with van der Waals surface area (Å²) in [5.74, 6) is 0.0197. The second-order valence-electron chi connectivity index (χ2n) is 7.49. The van der Waals surface area contributed by atoms with Gasteiger partial charge < -0.3 is 9.88 Å². The van der Waals surface area contributed by atoms with Gasteiger partial charge in [-0.1, -0.05) is 24.3 Å². The van der Waals surface area contributed by atoms with Crippen LogP contribution in [0.1, 0.15) is 28.8 Å².